The van der Waals surface area contributed by atoms with Crippen molar-refractivity contribution in [1.29, 1.82) is 0 Å². The maximum absolute atomic E-state index is 12.4. The molecule has 9 heteroatoms. The number of carbonyl (C=O) groups is 1. The number of nitrogens with one attached hydrogen (secondary N) is 1. The predicted octanol–water partition coefficient (Wildman–Crippen LogP) is 1.09. The number of aliphatic hydroxyl groups is 2. The van der Waals surface area contributed by atoms with Gasteiger partial charge in [-0.3, -0.25) is 9.88 Å². The molecular weight excluding hydrogens is 366 g/mol. The average molecular weight is 393 g/mol. The van der Waals surface area contributed by atoms with Crippen LogP contribution in [0.1, 0.15) is 46.4 Å². The number of hydrogen-bond donors (Lipinski definition) is 3. The van der Waals surface area contributed by atoms with Gasteiger partial charge in [-0.25, -0.2) is 9.59 Å². The van der Waals surface area contributed by atoms with Gasteiger partial charge in [-0.2, -0.15) is 4.98 Å². The minimum Gasteiger partial charge on any atom is -0.445 e. The minimum atomic E-state index is -1.32. The van der Waals surface area contributed by atoms with E-state index in [1.807, 2.05) is 27.7 Å². The highest BCUT2D eigenvalue weighted by molar-refractivity contribution is 5.85. The lowest BCUT2D eigenvalue weighted by Crippen LogP contribution is -2.36. The molecule has 2 rings (SSSR count). The van der Waals surface area contributed by atoms with Crippen molar-refractivity contribution in [2.45, 2.75) is 65.3 Å². The Hall–Kier alpha value is -2.41. The van der Waals surface area contributed by atoms with Gasteiger partial charge in [-0.05, 0) is 18.8 Å². The molecule has 28 heavy (non-hydrogen) atoms. The van der Waals surface area contributed by atoms with Crippen molar-refractivity contribution in [3.63, 3.8) is 0 Å². The molecule has 4 atom stereocenters. The summed E-state index contributed by atoms with van der Waals surface area (Å²) >= 11 is 0. The third-order valence-corrected chi connectivity index (χ3v) is 4.64. The molecule has 0 saturated carbocycles. The largest absolute Gasteiger partial charge is 0.445 e. The maximum Gasteiger partial charge on any atom is 0.413 e. The number of aromatic nitrogens is 2. The summed E-state index contributed by atoms with van der Waals surface area (Å²) in [5, 5.41) is 22.3. The highest BCUT2D eigenvalue weighted by atomic mass is 16.6. The molecule has 1 aliphatic rings. The number of ether oxygens (including phenoxy) is 2. The van der Waals surface area contributed by atoms with E-state index in [0.717, 1.165) is 4.57 Å². The Kier molecular flexibility index (Phi) is 6.82. The Morgan fingerprint density at radius 1 is 1.32 bits per heavy atom. The van der Waals surface area contributed by atoms with Crippen LogP contribution in [0.5, 0.6) is 0 Å². The van der Waals surface area contributed by atoms with Crippen LogP contribution in [0.25, 0.3) is 0 Å². The van der Waals surface area contributed by atoms with Crippen molar-refractivity contribution in [3.8, 4) is 12.3 Å². The molecule has 0 radical (unpaired) electrons. The van der Waals surface area contributed by atoms with E-state index in [1.165, 1.54) is 6.20 Å². The minimum absolute atomic E-state index is 0.104. The zero-order valence-electron chi connectivity index (χ0n) is 16.6. The van der Waals surface area contributed by atoms with Crippen molar-refractivity contribution in [2.75, 3.05) is 5.32 Å². The van der Waals surface area contributed by atoms with Crippen LogP contribution in [-0.2, 0) is 9.47 Å². The average Bonchev–Trinajstić information content (AvgIpc) is 2.86. The first-order valence-corrected chi connectivity index (χ1v) is 9.15. The molecule has 0 unspecified atom stereocenters. The Morgan fingerprint density at radius 3 is 2.39 bits per heavy atom. The van der Waals surface area contributed by atoms with E-state index in [0.29, 0.717) is 0 Å². The first kappa shape index (κ1) is 21.9. The molecule has 1 fully saturated rings. The quantitative estimate of drug-likeness (QED) is 0.640. The molecule has 2 heterocycles. The Morgan fingerprint density at radius 2 is 1.93 bits per heavy atom. The zero-order valence-corrected chi connectivity index (χ0v) is 16.6. The number of anilines is 1. The van der Waals surface area contributed by atoms with E-state index in [1.54, 1.807) is 6.92 Å². The van der Waals surface area contributed by atoms with Crippen LogP contribution in [0.3, 0.4) is 0 Å². The summed E-state index contributed by atoms with van der Waals surface area (Å²) in [5.74, 6) is 2.42. The van der Waals surface area contributed by atoms with Crippen LogP contribution in [0.4, 0.5) is 10.6 Å². The fourth-order valence-corrected chi connectivity index (χ4v) is 3.20. The van der Waals surface area contributed by atoms with Crippen molar-refractivity contribution in [1.82, 2.24) is 9.55 Å². The van der Waals surface area contributed by atoms with Gasteiger partial charge in [-0.15, -0.1) is 6.42 Å². The zero-order chi connectivity index (χ0) is 21.2. The summed E-state index contributed by atoms with van der Waals surface area (Å²) in [5.41, 5.74) is -0.698. The summed E-state index contributed by atoms with van der Waals surface area (Å²) in [7, 11) is 0. The van der Waals surface area contributed by atoms with Crippen LogP contribution in [0.15, 0.2) is 11.0 Å². The monoisotopic (exact) mass is 393 g/mol. The van der Waals surface area contributed by atoms with Crippen LogP contribution < -0.4 is 11.0 Å². The second-order valence-electron chi connectivity index (χ2n) is 7.53. The summed E-state index contributed by atoms with van der Waals surface area (Å²) < 4.78 is 11.8. The lowest BCUT2D eigenvalue weighted by molar-refractivity contribution is -0.0350. The molecule has 0 aliphatic carbocycles. The van der Waals surface area contributed by atoms with Crippen molar-refractivity contribution in [2.24, 2.45) is 11.8 Å². The second kappa shape index (κ2) is 8.73. The van der Waals surface area contributed by atoms with E-state index < -0.39 is 36.3 Å². The third kappa shape index (κ3) is 4.52. The number of rotatable bonds is 5. The number of carbonyl (C=O) groups excluding carboxylic acids is 1. The van der Waals surface area contributed by atoms with Crippen LogP contribution in [0, 0.1) is 24.2 Å². The van der Waals surface area contributed by atoms with Gasteiger partial charge < -0.3 is 19.7 Å². The lowest BCUT2D eigenvalue weighted by atomic mass is 9.96. The highest BCUT2D eigenvalue weighted by Crippen LogP contribution is 2.28. The fraction of sp³-hybridized carbons (Fsp3) is 0.632. The molecule has 3 N–H and O–H groups in total. The fourth-order valence-electron chi connectivity index (χ4n) is 3.20. The number of aliphatic hydroxyl groups excluding tert-OH is 2. The Bertz CT molecular complexity index is 805. The van der Waals surface area contributed by atoms with Crippen LogP contribution in [0.2, 0.25) is 0 Å². The smallest absolute Gasteiger partial charge is 0.413 e. The van der Waals surface area contributed by atoms with Gasteiger partial charge in [0.05, 0.1) is 11.7 Å². The SMILES string of the molecule is C#Cc1cn([C@@H]2O[C@H](C)[C@@H](O)[C@H]2O)c(=O)nc1NC(=O)OC(C(C)C)C(C)C. The Balaban J connectivity index is 2.26. The summed E-state index contributed by atoms with van der Waals surface area (Å²) in [6.07, 6.45) is 1.36. The molecular formula is C19H27N3O6. The normalized spacial score (nSPS) is 24.6. The van der Waals surface area contributed by atoms with Gasteiger partial charge in [0.25, 0.3) is 0 Å². The summed E-state index contributed by atoms with van der Waals surface area (Å²) in [4.78, 5) is 28.4. The van der Waals surface area contributed by atoms with Gasteiger partial charge in [0.15, 0.2) is 12.0 Å². The standard InChI is InChI=1S/C19H27N3O6/c1-7-12-8-22(17-14(24)13(23)11(6)27-17)18(25)20-16(12)21-19(26)28-15(9(2)3)10(4)5/h1,8-11,13-15,17,23-24H,2-6H3,(H,20,21,25,26)/t11-,13-,14-,17-/m1/s1. The number of nitrogens with zero attached hydrogens (tertiary/aromatic N) is 2. The van der Waals surface area contributed by atoms with Crippen molar-refractivity contribution in [3.05, 3.63) is 22.2 Å². The third-order valence-electron chi connectivity index (χ3n) is 4.64. The topological polar surface area (TPSA) is 123 Å². The summed E-state index contributed by atoms with van der Waals surface area (Å²) in [6, 6.07) is 0. The van der Waals surface area contributed by atoms with Gasteiger partial charge in [0.1, 0.15) is 18.3 Å². The number of terminal acetylenes is 1. The number of hydrogen-bond acceptors (Lipinski definition) is 7. The van der Waals surface area contributed by atoms with Gasteiger partial charge in [-0.1, -0.05) is 33.6 Å². The molecule has 1 aromatic heterocycles. The van der Waals surface area contributed by atoms with Gasteiger partial charge in [0, 0.05) is 6.20 Å². The van der Waals surface area contributed by atoms with Gasteiger partial charge >= 0.3 is 11.8 Å². The molecule has 0 spiro atoms. The van der Waals surface area contributed by atoms with Gasteiger partial charge in [0.2, 0.25) is 0 Å². The molecule has 154 valence electrons. The van der Waals surface area contributed by atoms with E-state index >= 15 is 0 Å². The predicted molar refractivity (Wildman–Crippen MR) is 102 cm³/mol. The Labute approximate surface area is 163 Å². The van der Waals surface area contributed by atoms with E-state index in [4.69, 9.17) is 15.9 Å². The molecule has 1 saturated heterocycles. The maximum atomic E-state index is 12.4. The number of amides is 1. The molecule has 1 aliphatic heterocycles. The summed E-state index contributed by atoms with van der Waals surface area (Å²) in [6.45, 7) is 9.32. The van der Waals surface area contributed by atoms with Crippen LogP contribution >= 0.6 is 0 Å². The molecule has 1 amide bonds. The van der Waals surface area contributed by atoms with Crippen molar-refractivity contribution < 1.29 is 24.5 Å². The highest BCUT2D eigenvalue weighted by Gasteiger charge is 2.42. The van der Waals surface area contributed by atoms with Crippen LogP contribution in [-0.4, -0.2) is 50.3 Å². The molecule has 1 aromatic rings. The molecule has 0 aromatic carbocycles. The molecule has 9 nitrogen and oxygen atoms in total. The molecule has 0 bridgehead atoms. The second-order valence-corrected chi connectivity index (χ2v) is 7.53. The van der Waals surface area contributed by atoms with E-state index in [2.05, 4.69) is 16.2 Å². The van der Waals surface area contributed by atoms with Crippen molar-refractivity contribution >= 4 is 11.9 Å². The first-order valence-electron chi connectivity index (χ1n) is 9.15. The van der Waals surface area contributed by atoms with E-state index in [-0.39, 0.29) is 29.3 Å². The lowest BCUT2D eigenvalue weighted by Gasteiger charge is -2.25. The van der Waals surface area contributed by atoms with E-state index in [9.17, 15) is 19.8 Å². The first-order chi connectivity index (χ1) is 13.1.